The molecule has 3 aromatic rings. The molecular formula is C17H13ClN4O2. The van der Waals surface area contributed by atoms with Gasteiger partial charge in [-0.3, -0.25) is 4.79 Å². The normalized spacial score (nSPS) is 15.6. The molecule has 1 aromatic carbocycles. The maximum Gasteiger partial charge on any atom is 0.265 e. The van der Waals surface area contributed by atoms with Gasteiger partial charge in [-0.25, -0.2) is 9.67 Å². The average molecular weight is 341 g/mol. The summed E-state index contributed by atoms with van der Waals surface area (Å²) in [5, 5.41) is 7.56. The van der Waals surface area contributed by atoms with E-state index in [-0.39, 0.29) is 5.91 Å². The zero-order valence-corrected chi connectivity index (χ0v) is 13.3. The SMILES string of the molecule is O=C(Nc1ccc(-n2cccn2)nc1)C1Cc2cc(Cl)ccc2O1. The van der Waals surface area contributed by atoms with E-state index in [9.17, 15) is 4.79 Å². The standard InChI is InChI=1S/C17H13ClN4O2/c18-12-2-4-14-11(8-12)9-15(24-14)17(23)21-13-3-5-16(19-10-13)22-7-1-6-20-22/h1-8,10,15H,9H2,(H,21,23). The zero-order chi connectivity index (χ0) is 16.5. The number of nitrogens with zero attached hydrogens (tertiary/aromatic N) is 3. The lowest BCUT2D eigenvalue weighted by Crippen LogP contribution is -2.31. The van der Waals surface area contributed by atoms with Gasteiger partial charge in [-0.1, -0.05) is 11.6 Å². The number of carbonyl (C=O) groups excluding carboxylic acids is 1. The van der Waals surface area contributed by atoms with Gasteiger partial charge in [0.25, 0.3) is 5.91 Å². The Labute approximate surface area is 143 Å². The van der Waals surface area contributed by atoms with Crippen LogP contribution in [-0.4, -0.2) is 26.8 Å². The number of aromatic nitrogens is 3. The van der Waals surface area contributed by atoms with Crippen LogP contribution in [0.1, 0.15) is 5.56 Å². The summed E-state index contributed by atoms with van der Waals surface area (Å²) in [7, 11) is 0. The van der Waals surface area contributed by atoms with Crippen LogP contribution >= 0.6 is 11.6 Å². The van der Waals surface area contributed by atoms with Crippen molar-refractivity contribution in [3.8, 4) is 11.6 Å². The summed E-state index contributed by atoms with van der Waals surface area (Å²) >= 11 is 5.97. The molecule has 0 fully saturated rings. The number of benzene rings is 1. The summed E-state index contributed by atoms with van der Waals surface area (Å²) in [5.74, 6) is 1.17. The molecule has 1 aliphatic heterocycles. The molecule has 0 saturated carbocycles. The molecule has 120 valence electrons. The third-order valence-electron chi connectivity index (χ3n) is 3.74. The number of amides is 1. The van der Waals surface area contributed by atoms with E-state index < -0.39 is 6.10 Å². The van der Waals surface area contributed by atoms with Gasteiger partial charge in [-0.2, -0.15) is 5.10 Å². The van der Waals surface area contributed by atoms with Gasteiger partial charge < -0.3 is 10.1 Å². The minimum absolute atomic E-state index is 0.212. The first-order valence-electron chi connectivity index (χ1n) is 7.41. The molecule has 3 heterocycles. The summed E-state index contributed by atoms with van der Waals surface area (Å²) in [5.41, 5.74) is 1.54. The van der Waals surface area contributed by atoms with E-state index in [1.54, 1.807) is 47.5 Å². The topological polar surface area (TPSA) is 69.0 Å². The third-order valence-corrected chi connectivity index (χ3v) is 3.98. The number of hydrogen-bond acceptors (Lipinski definition) is 4. The van der Waals surface area contributed by atoms with Crippen LogP contribution in [0.5, 0.6) is 5.75 Å². The van der Waals surface area contributed by atoms with Crippen molar-refractivity contribution in [2.45, 2.75) is 12.5 Å². The van der Waals surface area contributed by atoms with Crippen LogP contribution in [0, 0.1) is 0 Å². The average Bonchev–Trinajstić information content (AvgIpc) is 3.24. The first-order valence-corrected chi connectivity index (χ1v) is 7.79. The van der Waals surface area contributed by atoms with Crippen LogP contribution in [0.15, 0.2) is 55.0 Å². The van der Waals surface area contributed by atoms with Crippen LogP contribution in [0.4, 0.5) is 5.69 Å². The van der Waals surface area contributed by atoms with Crippen LogP contribution in [0.25, 0.3) is 5.82 Å². The molecule has 1 amide bonds. The van der Waals surface area contributed by atoms with Crippen molar-refractivity contribution < 1.29 is 9.53 Å². The molecule has 24 heavy (non-hydrogen) atoms. The molecule has 1 N–H and O–H groups in total. The lowest BCUT2D eigenvalue weighted by Gasteiger charge is -2.11. The highest BCUT2D eigenvalue weighted by Crippen LogP contribution is 2.31. The van der Waals surface area contributed by atoms with Crippen molar-refractivity contribution in [2.24, 2.45) is 0 Å². The number of pyridine rings is 1. The van der Waals surface area contributed by atoms with E-state index in [1.807, 2.05) is 12.1 Å². The van der Waals surface area contributed by atoms with Crippen molar-refractivity contribution in [1.82, 2.24) is 14.8 Å². The first kappa shape index (κ1) is 14.7. The second kappa shape index (κ2) is 5.98. The molecule has 0 bridgehead atoms. The molecule has 0 aliphatic carbocycles. The summed E-state index contributed by atoms with van der Waals surface area (Å²) in [6, 6.07) is 10.7. The quantitative estimate of drug-likeness (QED) is 0.796. The highest BCUT2D eigenvalue weighted by Gasteiger charge is 2.29. The molecule has 7 heteroatoms. The first-order chi connectivity index (χ1) is 11.7. The van der Waals surface area contributed by atoms with E-state index >= 15 is 0 Å². The predicted octanol–water partition coefficient (Wildman–Crippen LogP) is 2.86. The Hall–Kier alpha value is -2.86. The van der Waals surface area contributed by atoms with Gasteiger partial charge in [0.1, 0.15) is 5.75 Å². The lowest BCUT2D eigenvalue weighted by atomic mass is 10.1. The highest BCUT2D eigenvalue weighted by atomic mass is 35.5. The van der Waals surface area contributed by atoms with Crippen LogP contribution in [0.2, 0.25) is 5.02 Å². The largest absolute Gasteiger partial charge is 0.480 e. The van der Waals surface area contributed by atoms with Gasteiger partial charge in [-0.15, -0.1) is 0 Å². The van der Waals surface area contributed by atoms with Crippen LogP contribution in [-0.2, 0) is 11.2 Å². The van der Waals surface area contributed by atoms with Crippen molar-refractivity contribution >= 4 is 23.2 Å². The summed E-state index contributed by atoms with van der Waals surface area (Å²) < 4.78 is 7.32. The Bertz CT molecular complexity index is 878. The number of carbonyl (C=O) groups is 1. The number of halogens is 1. The Morgan fingerprint density at radius 2 is 2.25 bits per heavy atom. The van der Waals surface area contributed by atoms with E-state index in [1.165, 1.54) is 0 Å². The third kappa shape index (κ3) is 2.83. The lowest BCUT2D eigenvalue weighted by molar-refractivity contribution is -0.122. The molecule has 1 atom stereocenters. The van der Waals surface area contributed by atoms with Gasteiger partial charge in [-0.05, 0) is 42.0 Å². The smallest absolute Gasteiger partial charge is 0.265 e. The molecule has 0 saturated heterocycles. The molecule has 4 rings (SSSR count). The van der Waals surface area contributed by atoms with E-state index in [4.69, 9.17) is 16.3 Å². The molecule has 0 spiro atoms. The summed E-state index contributed by atoms with van der Waals surface area (Å²) in [6.07, 6.45) is 5.01. The summed E-state index contributed by atoms with van der Waals surface area (Å²) in [6.45, 7) is 0. The number of hydrogen-bond donors (Lipinski definition) is 1. The molecule has 6 nitrogen and oxygen atoms in total. The highest BCUT2D eigenvalue weighted by molar-refractivity contribution is 6.30. The van der Waals surface area contributed by atoms with E-state index in [0.717, 1.165) is 5.56 Å². The van der Waals surface area contributed by atoms with Crippen molar-refractivity contribution in [2.75, 3.05) is 5.32 Å². The second-order valence-electron chi connectivity index (χ2n) is 5.41. The van der Waals surface area contributed by atoms with E-state index in [2.05, 4.69) is 15.4 Å². The predicted molar refractivity (Wildman–Crippen MR) is 89.6 cm³/mol. The maximum atomic E-state index is 12.4. The molecule has 1 aliphatic rings. The Morgan fingerprint density at radius 3 is 3.00 bits per heavy atom. The van der Waals surface area contributed by atoms with E-state index in [0.29, 0.717) is 28.7 Å². The van der Waals surface area contributed by atoms with Crippen LogP contribution in [0.3, 0.4) is 0 Å². The van der Waals surface area contributed by atoms with Gasteiger partial charge in [0.05, 0.1) is 11.9 Å². The fourth-order valence-electron chi connectivity index (χ4n) is 2.59. The number of fused-ring (bicyclic) bond motifs is 1. The zero-order valence-electron chi connectivity index (χ0n) is 12.5. The van der Waals surface area contributed by atoms with Crippen molar-refractivity contribution in [3.63, 3.8) is 0 Å². The monoisotopic (exact) mass is 340 g/mol. The Balaban J connectivity index is 1.43. The van der Waals surface area contributed by atoms with Gasteiger partial charge >= 0.3 is 0 Å². The number of nitrogens with one attached hydrogen (secondary N) is 1. The second-order valence-corrected chi connectivity index (χ2v) is 5.84. The van der Waals surface area contributed by atoms with Gasteiger partial charge in [0.15, 0.2) is 11.9 Å². The minimum atomic E-state index is -0.566. The molecule has 0 radical (unpaired) electrons. The van der Waals surface area contributed by atoms with Crippen molar-refractivity contribution in [1.29, 1.82) is 0 Å². The minimum Gasteiger partial charge on any atom is -0.480 e. The fourth-order valence-corrected chi connectivity index (χ4v) is 2.78. The number of ether oxygens (including phenoxy) is 1. The maximum absolute atomic E-state index is 12.4. The van der Waals surface area contributed by atoms with Crippen molar-refractivity contribution in [3.05, 3.63) is 65.6 Å². The molecular weight excluding hydrogens is 328 g/mol. The fraction of sp³-hybridized carbons (Fsp3) is 0.118. The van der Waals surface area contributed by atoms with Gasteiger partial charge in [0.2, 0.25) is 0 Å². The number of anilines is 1. The van der Waals surface area contributed by atoms with Crippen LogP contribution < -0.4 is 10.1 Å². The van der Waals surface area contributed by atoms with Gasteiger partial charge in [0, 0.05) is 23.8 Å². The molecule has 1 unspecified atom stereocenters. The number of rotatable bonds is 3. The Kier molecular flexibility index (Phi) is 3.66. The molecule has 2 aromatic heterocycles. The Morgan fingerprint density at radius 1 is 1.33 bits per heavy atom. The summed E-state index contributed by atoms with van der Waals surface area (Å²) in [4.78, 5) is 16.6.